The highest BCUT2D eigenvalue weighted by Gasteiger charge is 2.11. The summed E-state index contributed by atoms with van der Waals surface area (Å²) in [4.78, 5) is 16.1. The molecule has 6 nitrogen and oxygen atoms in total. The molecule has 0 spiro atoms. The summed E-state index contributed by atoms with van der Waals surface area (Å²) >= 11 is 1.35. The number of carbonyl (C=O) groups is 1. The van der Waals surface area contributed by atoms with Gasteiger partial charge < -0.3 is 20.5 Å². The average molecular weight is 281 g/mol. The lowest BCUT2D eigenvalue weighted by Gasteiger charge is -2.13. The van der Waals surface area contributed by atoms with Crippen LogP contribution in [-0.2, 0) is 9.47 Å². The van der Waals surface area contributed by atoms with E-state index in [1.54, 1.807) is 18.2 Å². The van der Waals surface area contributed by atoms with Gasteiger partial charge in [-0.1, -0.05) is 11.3 Å². The lowest BCUT2D eigenvalue weighted by atomic mass is 10.2. The van der Waals surface area contributed by atoms with Gasteiger partial charge in [0, 0.05) is 19.8 Å². The fourth-order valence-corrected chi connectivity index (χ4v) is 2.40. The van der Waals surface area contributed by atoms with Crippen molar-refractivity contribution in [2.45, 2.75) is 6.29 Å². The van der Waals surface area contributed by atoms with Crippen LogP contribution in [0.5, 0.6) is 0 Å². The Morgan fingerprint density at radius 1 is 1.47 bits per heavy atom. The van der Waals surface area contributed by atoms with Gasteiger partial charge in [-0.15, -0.1) is 0 Å². The summed E-state index contributed by atoms with van der Waals surface area (Å²) in [6.45, 7) is 0.286. The quantitative estimate of drug-likeness (QED) is 0.805. The highest BCUT2D eigenvalue weighted by Crippen LogP contribution is 2.24. The molecule has 1 aromatic carbocycles. The number of nitrogen functional groups attached to an aromatic ring is 1. The first kappa shape index (κ1) is 13.7. The molecule has 0 saturated heterocycles. The van der Waals surface area contributed by atoms with E-state index in [4.69, 9.17) is 15.2 Å². The van der Waals surface area contributed by atoms with Crippen molar-refractivity contribution in [2.75, 3.05) is 26.5 Å². The molecule has 0 atom stereocenters. The van der Waals surface area contributed by atoms with Crippen molar-refractivity contribution in [1.82, 2.24) is 10.3 Å². The van der Waals surface area contributed by atoms with Crippen LogP contribution in [0.3, 0.4) is 0 Å². The van der Waals surface area contributed by atoms with Gasteiger partial charge in [-0.3, -0.25) is 4.79 Å². The predicted octanol–water partition coefficient (Wildman–Crippen LogP) is 1.23. The SMILES string of the molecule is COC(CNC(=O)c1ccc2nc(N)sc2c1)OC. The van der Waals surface area contributed by atoms with Crippen LogP contribution in [0.25, 0.3) is 10.2 Å². The molecule has 0 aliphatic heterocycles. The number of hydrogen-bond donors (Lipinski definition) is 2. The third-order valence-corrected chi connectivity index (χ3v) is 3.47. The number of nitrogens with zero attached hydrogens (tertiary/aromatic N) is 1. The standard InChI is InChI=1S/C12H15N3O3S/c1-17-10(18-2)6-14-11(16)7-3-4-8-9(5-7)19-12(13)15-8/h3-5,10H,6H2,1-2H3,(H2,13,15)(H,14,16). The maximum Gasteiger partial charge on any atom is 0.251 e. The van der Waals surface area contributed by atoms with Crippen LogP contribution >= 0.6 is 11.3 Å². The maximum atomic E-state index is 12.0. The summed E-state index contributed by atoms with van der Waals surface area (Å²) < 4.78 is 10.9. The molecule has 3 N–H and O–H groups in total. The Bertz CT molecular complexity index is 581. The second-order valence-corrected chi connectivity index (χ2v) is 4.91. The molecule has 0 unspecified atom stereocenters. The van der Waals surface area contributed by atoms with E-state index in [9.17, 15) is 4.79 Å². The van der Waals surface area contributed by atoms with Crippen LogP contribution in [0.2, 0.25) is 0 Å². The Morgan fingerprint density at radius 2 is 2.21 bits per heavy atom. The molecule has 0 saturated carbocycles. The maximum absolute atomic E-state index is 12.0. The topological polar surface area (TPSA) is 86.5 Å². The summed E-state index contributed by atoms with van der Waals surface area (Å²) in [5.41, 5.74) is 6.98. The molecular weight excluding hydrogens is 266 g/mol. The molecule has 0 aliphatic rings. The average Bonchev–Trinajstić information content (AvgIpc) is 2.78. The van der Waals surface area contributed by atoms with Gasteiger partial charge in [-0.2, -0.15) is 0 Å². The van der Waals surface area contributed by atoms with Crippen molar-refractivity contribution < 1.29 is 14.3 Å². The first-order chi connectivity index (χ1) is 9.13. The molecular formula is C12H15N3O3S. The van der Waals surface area contributed by atoms with Gasteiger partial charge >= 0.3 is 0 Å². The molecule has 2 aromatic rings. The van der Waals surface area contributed by atoms with E-state index in [0.717, 1.165) is 10.2 Å². The minimum absolute atomic E-state index is 0.187. The largest absolute Gasteiger partial charge is 0.375 e. The van der Waals surface area contributed by atoms with E-state index in [1.807, 2.05) is 0 Å². The lowest BCUT2D eigenvalue weighted by molar-refractivity contribution is -0.0974. The summed E-state index contributed by atoms with van der Waals surface area (Å²) in [5, 5.41) is 3.23. The first-order valence-electron chi connectivity index (χ1n) is 5.64. The van der Waals surface area contributed by atoms with Crippen molar-refractivity contribution in [1.29, 1.82) is 0 Å². The van der Waals surface area contributed by atoms with E-state index in [1.165, 1.54) is 25.6 Å². The number of nitrogens with one attached hydrogen (secondary N) is 1. The molecule has 2 rings (SSSR count). The smallest absolute Gasteiger partial charge is 0.251 e. The highest BCUT2D eigenvalue weighted by molar-refractivity contribution is 7.22. The minimum Gasteiger partial charge on any atom is -0.375 e. The normalized spacial score (nSPS) is 11.1. The van der Waals surface area contributed by atoms with Crippen LogP contribution in [0, 0.1) is 0 Å². The molecule has 7 heteroatoms. The predicted molar refractivity (Wildman–Crippen MR) is 74.2 cm³/mol. The molecule has 0 fully saturated rings. The first-order valence-corrected chi connectivity index (χ1v) is 6.45. The van der Waals surface area contributed by atoms with Gasteiger partial charge in [-0.25, -0.2) is 4.98 Å². The number of fused-ring (bicyclic) bond motifs is 1. The summed E-state index contributed by atoms with van der Waals surface area (Å²) in [7, 11) is 3.04. The Labute approximate surface area is 114 Å². The van der Waals surface area contributed by atoms with E-state index in [2.05, 4.69) is 10.3 Å². The van der Waals surface area contributed by atoms with Crippen LogP contribution < -0.4 is 11.1 Å². The summed E-state index contributed by atoms with van der Waals surface area (Å²) in [5.74, 6) is -0.187. The van der Waals surface area contributed by atoms with E-state index < -0.39 is 6.29 Å². The third kappa shape index (κ3) is 3.19. The zero-order chi connectivity index (χ0) is 13.8. The lowest BCUT2D eigenvalue weighted by Crippen LogP contribution is -2.34. The molecule has 0 radical (unpaired) electrons. The fraction of sp³-hybridized carbons (Fsp3) is 0.333. The van der Waals surface area contributed by atoms with Crippen LogP contribution in [0.1, 0.15) is 10.4 Å². The van der Waals surface area contributed by atoms with Gasteiger partial charge in [-0.05, 0) is 18.2 Å². The van der Waals surface area contributed by atoms with Crippen molar-refractivity contribution in [3.8, 4) is 0 Å². The van der Waals surface area contributed by atoms with Gasteiger partial charge in [0.1, 0.15) is 0 Å². The number of nitrogens with two attached hydrogens (primary N) is 1. The second-order valence-electron chi connectivity index (χ2n) is 3.85. The molecule has 0 aliphatic carbocycles. The number of anilines is 1. The van der Waals surface area contributed by atoms with Crippen molar-refractivity contribution in [2.24, 2.45) is 0 Å². The summed E-state index contributed by atoms with van der Waals surface area (Å²) in [6.07, 6.45) is -0.452. The molecule has 1 heterocycles. The molecule has 102 valence electrons. The third-order valence-electron chi connectivity index (χ3n) is 2.62. The zero-order valence-electron chi connectivity index (χ0n) is 10.7. The van der Waals surface area contributed by atoms with E-state index in [0.29, 0.717) is 10.7 Å². The van der Waals surface area contributed by atoms with Crippen molar-refractivity contribution in [3.05, 3.63) is 23.8 Å². The Balaban J connectivity index is 2.08. The number of benzene rings is 1. The minimum atomic E-state index is -0.452. The van der Waals surface area contributed by atoms with Crippen LogP contribution in [-0.4, -0.2) is 37.9 Å². The zero-order valence-corrected chi connectivity index (χ0v) is 11.5. The fourth-order valence-electron chi connectivity index (χ4n) is 1.62. The summed E-state index contributed by atoms with van der Waals surface area (Å²) in [6, 6.07) is 5.26. The van der Waals surface area contributed by atoms with Crippen LogP contribution in [0.15, 0.2) is 18.2 Å². The molecule has 19 heavy (non-hydrogen) atoms. The number of ether oxygens (including phenoxy) is 2. The van der Waals surface area contributed by atoms with Crippen LogP contribution in [0.4, 0.5) is 5.13 Å². The molecule has 0 bridgehead atoms. The van der Waals surface area contributed by atoms with Gasteiger partial charge in [0.05, 0.1) is 16.8 Å². The monoisotopic (exact) mass is 281 g/mol. The Morgan fingerprint density at radius 3 is 2.89 bits per heavy atom. The van der Waals surface area contributed by atoms with Crippen molar-refractivity contribution in [3.63, 3.8) is 0 Å². The highest BCUT2D eigenvalue weighted by atomic mass is 32.1. The number of methoxy groups -OCH3 is 2. The van der Waals surface area contributed by atoms with Crippen molar-refractivity contribution >= 4 is 32.6 Å². The number of carbonyl (C=O) groups excluding carboxylic acids is 1. The number of rotatable bonds is 5. The number of hydrogen-bond acceptors (Lipinski definition) is 6. The Hall–Kier alpha value is -1.70. The van der Waals surface area contributed by atoms with Gasteiger partial charge in [0.15, 0.2) is 11.4 Å². The van der Waals surface area contributed by atoms with Gasteiger partial charge in [0.2, 0.25) is 0 Å². The number of amides is 1. The van der Waals surface area contributed by atoms with Gasteiger partial charge in [0.25, 0.3) is 5.91 Å². The van der Waals surface area contributed by atoms with E-state index in [-0.39, 0.29) is 12.5 Å². The van der Waals surface area contributed by atoms with E-state index >= 15 is 0 Å². The second kappa shape index (κ2) is 5.96. The molecule has 1 aromatic heterocycles. The number of aromatic nitrogens is 1. The number of thiazole rings is 1. The Kier molecular flexibility index (Phi) is 4.31. The molecule has 1 amide bonds.